The third-order valence-corrected chi connectivity index (χ3v) is 4.85. The second kappa shape index (κ2) is 8.19. The van der Waals surface area contributed by atoms with Crippen molar-refractivity contribution in [3.8, 4) is 22.9 Å². The van der Waals surface area contributed by atoms with Gasteiger partial charge in [-0.05, 0) is 24.3 Å². The summed E-state index contributed by atoms with van der Waals surface area (Å²) in [6.07, 6.45) is 5.08. The molecule has 27 heavy (non-hydrogen) atoms. The Balaban J connectivity index is 1.52. The van der Waals surface area contributed by atoms with Crippen LogP contribution in [0.4, 0.5) is 0 Å². The van der Waals surface area contributed by atoms with E-state index < -0.39 is 0 Å². The number of aromatic nitrogens is 5. The van der Waals surface area contributed by atoms with Crippen molar-refractivity contribution < 1.29 is 13.7 Å². The van der Waals surface area contributed by atoms with Gasteiger partial charge in [0.1, 0.15) is 0 Å². The lowest BCUT2D eigenvalue weighted by Crippen LogP contribution is -2.07. The standard InChI is InChI=1S/C18H17N5O3S/c1-24-10-8-23-17(13-4-6-19-7-5-13)20-21-18(23)27-12-14-11-16(26-22-14)15-3-2-9-25-15/h2-7,9,11H,8,10,12H2,1H3. The Morgan fingerprint density at radius 2 is 2.04 bits per heavy atom. The number of methoxy groups -OCH3 is 1. The minimum absolute atomic E-state index is 0.566. The minimum Gasteiger partial charge on any atom is -0.461 e. The largest absolute Gasteiger partial charge is 0.461 e. The fourth-order valence-corrected chi connectivity index (χ4v) is 3.39. The first kappa shape index (κ1) is 17.5. The average Bonchev–Trinajstić information content (AvgIpc) is 3.45. The molecule has 0 fully saturated rings. The van der Waals surface area contributed by atoms with E-state index in [4.69, 9.17) is 13.7 Å². The summed E-state index contributed by atoms with van der Waals surface area (Å²) in [5.41, 5.74) is 1.76. The summed E-state index contributed by atoms with van der Waals surface area (Å²) in [7, 11) is 1.68. The zero-order chi connectivity index (χ0) is 18.5. The molecule has 0 atom stereocenters. The lowest BCUT2D eigenvalue weighted by Gasteiger charge is -2.09. The Labute approximate surface area is 159 Å². The van der Waals surface area contributed by atoms with Crippen molar-refractivity contribution in [1.29, 1.82) is 0 Å². The van der Waals surface area contributed by atoms with Gasteiger partial charge in [-0.2, -0.15) is 0 Å². The van der Waals surface area contributed by atoms with Crippen molar-refractivity contribution >= 4 is 11.8 Å². The third-order valence-electron chi connectivity index (χ3n) is 3.85. The maximum atomic E-state index is 5.34. The van der Waals surface area contributed by atoms with Gasteiger partial charge in [0.25, 0.3) is 0 Å². The number of rotatable bonds is 8. The molecular weight excluding hydrogens is 366 g/mol. The molecule has 0 saturated heterocycles. The molecule has 138 valence electrons. The predicted octanol–water partition coefficient (Wildman–Crippen LogP) is 3.53. The van der Waals surface area contributed by atoms with Gasteiger partial charge in [0.2, 0.25) is 5.76 Å². The van der Waals surface area contributed by atoms with Gasteiger partial charge in [-0.3, -0.25) is 9.55 Å². The van der Waals surface area contributed by atoms with Crippen LogP contribution in [0.5, 0.6) is 0 Å². The Bertz CT molecular complexity index is 982. The number of pyridine rings is 1. The molecule has 0 aliphatic carbocycles. The van der Waals surface area contributed by atoms with Crippen molar-refractivity contribution in [1.82, 2.24) is 24.9 Å². The molecule has 4 aromatic rings. The zero-order valence-electron chi connectivity index (χ0n) is 14.6. The van der Waals surface area contributed by atoms with Gasteiger partial charge in [0.05, 0.1) is 25.1 Å². The fraction of sp³-hybridized carbons (Fsp3) is 0.222. The maximum Gasteiger partial charge on any atom is 0.202 e. The first-order valence-electron chi connectivity index (χ1n) is 8.30. The maximum absolute atomic E-state index is 5.34. The molecule has 0 aliphatic heterocycles. The van der Waals surface area contributed by atoms with Gasteiger partial charge < -0.3 is 13.7 Å². The molecule has 0 radical (unpaired) electrons. The second-order valence-electron chi connectivity index (χ2n) is 5.63. The van der Waals surface area contributed by atoms with Crippen LogP contribution in [0.2, 0.25) is 0 Å². The topological polar surface area (TPSA) is 92.0 Å². The number of hydrogen-bond acceptors (Lipinski definition) is 8. The number of thioether (sulfide) groups is 1. The third kappa shape index (κ3) is 3.93. The molecule has 0 aromatic carbocycles. The molecule has 8 nitrogen and oxygen atoms in total. The van der Waals surface area contributed by atoms with Crippen LogP contribution in [0.25, 0.3) is 22.9 Å². The van der Waals surface area contributed by atoms with E-state index in [1.54, 1.807) is 37.5 Å². The van der Waals surface area contributed by atoms with Crippen molar-refractivity contribution in [2.24, 2.45) is 0 Å². The molecule has 0 amide bonds. The summed E-state index contributed by atoms with van der Waals surface area (Å²) in [5, 5.41) is 13.6. The van der Waals surface area contributed by atoms with Gasteiger partial charge in [-0.25, -0.2) is 0 Å². The van der Waals surface area contributed by atoms with E-state index in [-0.39, 0.29) is 0 Å². The quantitative estimate of drug-likeness (QED) is 0.427. The van der Waals surface area contributed by atoms with Gasteiger partial charge in [0, 0.05) is 36.9 Å². The van der Waals surface area contributed by atoms with E-state index in [9.17, 15) is 0 Å². The molecule has 4 aromatic heterocycles. The second-order valence-corrected chi connectivity index (χ2v) is 6.58. The first-order valence-corrected chi connectivity index (χ1v) is 9.28. The molecule has 0 spiro atoms. The highest BCUT2D eigenvalue weighted by atomic mass is 32.2. The van der Waals surface area contributed by atoms with Crippen LogP contribution in [-0.2, 0) is 17.0 Å². The molecule has 0 unspecified atom stereocenters. The van der Waals surface area contributed by atoms with Crippen molar-refractivity contribution in [2.45, 2.75) is 17.5 Å². The van der Waals surface area contributed by atoms with Crippen molar-refractivity contribution in [2.75, 3.05) is 13.7 Å². The molecule has 4 rings (SSSR count). The van der Waals surface area contributed by atoms with Crippen molar-refractivity contribution in [3.05, 3.63) is 54.7 Å². The molecule has 0 N–H and O–H groups in total. The van der Waals surface area contributed by atoms with Crippen molar-refractivity contribution in [3.63, 3.8) is 0 Å². The highest BCUT2D eigenvalue weighted by Crippen LogP contribution is 2.28. The summed E-state index contributed by atoms with van der Waals surface area (Å²) in [5.74, 6) is 2.65. The number of furan rings is 1. The lowest BCUT2D eigenvalue weighted by atomic mass is 10.2. The van der Waals surface area contributed by atoms with E-state index in [0.717, 1.165) is 22.2 Å². The van der Waals surface area contributed by atoms with Crippen LogP contribution in [0.1, 0.15) is 5.69 Å². The number of ether oxygens (including phenoxy) is 1. The normalized spacial score (nSPS) is 11.1. The Hall–Kier alpha value is -2.91. The fourth-order valence-electron chi connectivity index (χ4n) is 2.55. The van der Waals surface area contributed by atoms with Crippen LogP contribution < -0.4 is 0 Å². The van der Waals surface area contributed by atoms with E-state index in [2.05, 4.69) is 20.3 Å². The summed E-state index contributed by atoms with van der Waals surface area (Å²) < 4.78 is 17.9. The average molecular weight is 383 g/mol. The number of hydrogen-bond donors (Lipinski definition) is 0. The minimum atomic E-state index is 0.566. The molecule has 9 heteroatoms. The molecular formula is C18H17N5O3S. The number of nitrogens with zero attached hydrogens (tertiary/aromatic N) is 5. The molecule has 0 saturated carbocycles. The zero-order valence-corrected chi connectivity index (χ0v) is 15.4. The van der Waals surface area contributed by atoms with Gasteiger partial charge in [0.15, 0.2) is 16.7 Å². The van der Waals surface area contributed by atoms with Crippen LogP contribution in [-0.4, -0.2) is 38.6 Å². The smallest absolute Gasteiger partial charge is 0.202 e. The molecule has 0 bridgehead atoms. The lowest BCUT2D eigenvalue weighted by molar-refractivity contribution is 0.185. The van der Waals surface area contributed by atoms with E-state index in [0.29, 0.717) is 30.4 Å². The van der Waals surface area contributed by atoms with Gasteiger partial charge in [-0.1, -0.05) is 16.9 Å². The Morgan fingerprint density at radius 1 is 1.15 bits per heavy atom. The Kier molecular flexibility index (Phi) is 5.31. The van der Waals surface area contributed by atoms with E-state index in [1.807, 2.05) is 34.9 Å². The summed E-state index contributed by atoms with van der Waals surface area (Å²) >= 11 is 1.54. The van der Waals surface area contributed by atoms with Crippen LogP contribution in [0, 0.1) is 0 Å². The molecule has 0 aliphatic rings. The van der Waals surface area contributed by atoms with E-state index in [1.165, 1.54) is 0 Å². The predicted molar refractivity (Wildman–Crippen MR) is 98.9 cm³/mol. The monoisotopic (exact) mass is 383 g/mol. The van der Waals surface area contributed by atoms with Crippen LogP contribution in [0.3, 0.4) is 0 Å². The van der Waals surface area contributed by atoms with Gasteiger partial charge in [-0.15, -0.1) is 10.2 Å². The van der Waals surface area contributed by atoms with Gasteiger partial charge >= 0.3 is 0 Å². The molecule has 4 heterocycles. The SMILES string of the molecule is COCCn1c(SCc2cc(-c3ccco3)on2)nnc1-c1ccncc1. The summed E-state index contributed by atoms with van der Waals surface area (Å²) in [4.78, 5) is 4.06. The van der Waals surface area contributed by atoms with Crippen LogP contribution in [0.15, 0.2) is 63.1 Å². The summed E-state index contributed by atoms with van der Waals surface area (Å²) in [6, 6.07) is 9.33. The highest BCUT2D eigenvalue weighted by Gasteiger charge is 2.16. The summed E-state index contributed by atoms with van der Waals surface area (Å²) in [6.45, 7) is 1.22. The first-order chi connectivity index (χ1) is 13.3. The Morgan fingerprint density at radius 3 is 2.81 bits per heavy atom. The van der Waals surface area contributed by atoms with E-state index >= 15 is 0 Å². The highest BCUT2D eigenvalue weighted by molar-refractivity contribution is 7.98. The van der Waals surface area contributed by atoms with Crippen LogP contribution >= 0.6 is 11.8 Å².